The molecule has 0 unspecified atom stereocenters. The molecule has 5 nitrogen and oxygen atoms in total. The van der Waals surface area contributed by atoms with E-state index in [9.17, 15) is 13.2 Å². The van der Waals surface area contributed by atoms with Crippen molar-refractivity contribution >= 4 is 11.8 Å². The van der Waals surface area contributed by atoms with Crippen molar-refractivity contribution in [2.75, 3.05) is 0 Å². The van der Waals surface area contributed by atoms with Gasteiger partial charge in [-0.2, -0.15) is 13.2 Å². The summed E-state index contributed by atoms with van der Waals surface area (Å²) in [5.41, 5.74) is -0.752. The van der Waals surface area contributed by atoms with Gasteiger partial charge in [0.2, 0.25) is 0 Å². The summed E-state index contributed by atoms with van der Waals surface area (Å²) < 4.78 is 38.8. The maximum atomic E-state index is 12.4. The van der Waals surface area contributed by atoms with E-state index >= 15 is 0 Å². The van der Waals surface area contributed by atoms with Crippen molar-refractivity contribution in [1.29, 1.82) is 0 Å². The van der Waals surface area contributed by atoms with Crippen molar-refractivity contribution < 1.29 is 13.2 Å². The molecule has 2 rings (SSSR count). The maximum absolute atomic E-state index is 12.4. The van der Waals surface area contributed by atoms with Crippen molar-refractivity contribution in [3.63, 3.8) is 0 Å². The minimum absolute atomic E-state index is 0.464. The zero-order valence-corrected chi connectivity index (χ0v) is 11.4. The fraction of sp³-hybridized carbons (Fsp3) is 0.455. The van der Waals surface area contributed by atoms with Gasteiger partial charge in [-0.3, -0.25) is 0 Å². The van der Waals surface area contributed by atoms with Crippen molar-refractivity contribution in [2.45, 2.75) is 36.8 Å². The first-order valence-electron chi connectivity index (χ1n) is 5.92. The number of nitrogens with zero attached hydrogens (tertiary/aromatic N) is 5. The second-order valence-corrected chi connectivity index (χ2v) is 4.99. The van der Waals surface area contributed by atoms with Crippen LogP contribution in [0.15, 0.2) is 23.4 Å². The van der Waals surface area contributed by atoms with Crippen LogP contribution in [0.4, 0.5) is 13.2 Å². The molecule has 0 atom stereocenters. The molecule has 9 heteroatoms. The number of rotatable bonds is 5. The van der Waals surface area contributed by atoms with Crippen LogP contribution in [0.1, 0.15) is 24.7 Å². The first-order chi connectivity index (χ1) is 9.50. The number of halogens is 3. The van der Waals surface area contributed by atoms with Crippen LogP contribution in [-0.4, -0.2) is 25.2 Å². The number of hydrogen-bond acceptors (Lipinski definition) is 5. The number of thioether (sulfide) groups is 1. The number of aromatic nitrogens is 5. The van der Waals surface area contributed by atoms with E-state index < -0.39 is 11.7 Å². The van der Waals surface area contributed by atoms with Gasteiger partial charge in [0.1, 0.15) is 0 Å². The van der Waals surface area contributed by atoms with E-state index in [-0.39, 0.29) is 0 Å². The first kappa shape index (κ1) is 14.8. The Labute approximate surface area is 117 Å². The Morgan fingerprint density at radius 1 is 1.30 bits per heavy atom. The Morgan fingerprint density at radius 3 is 2.70 bits per heavy atom. The van der Waals surface area contributed by atoms with Crippen LogP contribution in [0, 0.1) is 0 Å². The predicted molar refractivity (Wildman–Crippen MR) is 66.9 cm³/mol. The molecule has 0 saturated carbocycles. The average molecular weight is 303 g/mol. The van der Waals surface area contributed by atoms with E-state index in [1.807, 2.05) is 6.92 Å². The summed E-state index contributed by atoms with van der Waals surface area (Å²) in [7, 11) is 0. The van der Waals surface area contributed by atoms with Gasteiger partial charge >= 0.3 is 6.18 Å². The predicted octanol–water partition coefficient (Wildman–Crippen LogP) is 2.79. The minimum Gasteiger partial charge on any atom is -0.249 e. The molecule has 0 N–H and O–H groups in total. The lowest BCUT2D eigenvalue weighted by Gasteiger charge is -2.06. The highest BCUT2D eigenvalue weighted by molar-refractivity contribution is 7.98. The van der Waals surface area contributed by atoms with Crippen molar-refractivity contribution in [2.24, 2.45) is 0 Å². The Morgan fingerprint density at radius 2 is 2.10 bits per heavy atom. The molecular formula is C11H12F3N5S. The van der Waals surface area contributed by atoms with E-state index in [1.165, 1.54) is 17.8 Å². The molecule has 2 aromatic rings. The molecular weight excluding hydrogens is 291 g/mol. The maximum Gasteiger partial charge on any atom is 0.417 e. The number of alkyl halides is 3. The summed E-state index contributed by atoms with van der Waals surface area (Å²) in [6.45, 7) is 2.72. The number of tetrazole rings is 1. The summed E-state index contributed by atoms with van der Waals surface area (Å²) in [6, 6.07) is 2.37. The van der Waals surface area contributed by atoms with Gasteiger partial charge in [0, 0.05) is 12.7 Å². The SMILES string of the molecule is CCCn1nnnc1CSc1ccc(C(F)(F)F)cn1. The Balaban J connectivity index is 1.99. The van der Waals surface area contributed by atoms with Gasteiger partial charge in [-0.25, -0.2) is 9.67 Å². The minimum atomic E-state index is -4.36. The standard InChI is InChI=1S/C11H12F3N5S/c1-2-5-19-9(16-17-18-19)7-20-10-4-3-8(6-15-10)11(12,13)14/h3-4,6H,2,5,7H2,1H3. The quantitative estimate of drug-likeness (QED) is 0.795. The topological polar surface area (TPSA) is 56.5 Å². The third kappa shape index (κ3) is 3.69. The van der Waals surface area contributed by atoms with Crippen molar-refractivity contribution in [3.05, 3.63) is 29.7 Å². The molecule has 0 spiro atoms. The summed E-state index contributed by atoms with van der Waals surface area (Å²) >= 11 is 1.30. The summed E-state index contributed by atoms with van der Waals surface area (Å²) in [5.74, 6) is 1.14. The van der Waals surface area contributed by atoms with Gasteiger partial charge < -0.3 is 0 Å². The monoisotopic (exact) mass is 303 g/mol. The fourth-order valence-corrected chi connectivity index (χ4v) is 2.26. The highest BCUT2D eigenvalue weighted by Gasteiger charge is 2.30. The van der Waals surface area contributed by atoms with Crippen molar-refractivity contribution in [3.8, 4) is 0 Å². The summed E-state index contributed by atoms with van der Waals surface area (Å²) in [4.78, 5) is 3.79. The van der Waals surface area contributed by atoms with Gasteiger partial charge in [0.25, 0.3) is 0 Å². The average Bonchev–Trinajstić information content (AvgIpc) is 2.84. The largest absolute Gasteiger partial charge is 0.417 e. The van der Waals surface area contributed by atoms with E-state index in [2.05, 4.69) is 20.5 Å². The van der Waals surface area contributed by atoms with Gasteiger partial charge in [-0.1, -0.05) is 18.7 Å². The van der Waals surface area contributed by atoms with Crippen LogP contribution in [0.5, 0.6) is 0 Å². The van der Waals surface area contributed by atoms with Crippen LogP contribution < -0.4 is 0 Å². The van der Waals surface area contributed by atoms with E-state index in [1.54, 1.807) is 4.68 Å². The lowest BCUT2D eigenvalue weighted by Crippen LogP contribution is -2.05. The second kappa shape index (κ2) is 6.21. The van der Waals surface area contributed by atoms with E-state index in [0.29, 0.717) is 23.1 Å². The zero-order chi connectivity index (χ0) is 14.6. The lowest BCUT2D eigenvalue weighted by molar-refractivity contribution is -0.137. The zero-order valence-electron chi connectivity index (χ0n) is 10.6. The number of pyridine rings is 1. The molecule has 108 valence electrons. The van der Waals surface area contributed by atoms with Gasteiger partial charge in [-0.15, -0.1) is 5.10 Å². The highest BCUT2D eigenvalue weighted by Crippen LogP contribution is 2.29. The molecule has 2 heterocycles. The molecule has 0 bridgehead atoms. The molecule has 0 aliphatic rings. The van der Waals surface area contributed by atoms with Crippen LogP contribution in [0.2, 0.25) is 0 Å². The Bertz CT molecular complexity index is 552. The molecule has 0 radical (unpaired) electrons. The van der Waals surface area contributed by atoms with Crippen LogP contribution >= 0.6 is 11.8 Å². The summed E-state index contributed by atoms with van der Waals surface area (Å²) in [6.07, 6.45) is -2.62. The highest BCUT2D eigenvalue weighted by atomic mass is 32.2. The fourth-order valence-electron chi connectivity index (χ4n) is 1.48. The molecule has 0 saturated heterocycles. The van der Waals surface area contributed by atoms with Crippen molar-refractivity contribution in [1.82, 2.24) is 25.2 Å². The number of aryl methyl sites for hydroxylation is 1. The van der Waals surface area contributed by atoms with Crippen LogP contribution in [-0.2, 0) is 18.5 Å². The third-order valence-electron chi connectivity index (χ3n) is 2.45. The van der Waals surface area contributed by atoms with E-state index in [4.69, 9.17) is 0 Å². The molecule has 2 aromatic heterocycles. The molecule has 0 amide bonds. The van der Waals surface area contributed by atoms with Crippen LogP contribution in [0.25, 0.3) is 0 Å². The number of hydrogen-bond donors (Lipinski definition) is 0. The lowest BCUT2D eigenvalue weighted by atomic mass is 10.3. The first-order valence-corrected chi connectivity index (χ1v) is 6.90. The normalized spacial score (nSPS) is 11.8. The Kier molecular flexibility index (Phi) is 4.58. The van der Waals surface area contributed by atoms with Crippen LogP contribution in [0.3, 0.4) is 0 Å². The third-order valence-corrected chi connectivity index (χ3v) is 3.39. The molecule has 0 fully saturated rings. The molecule has 0 aliphatic heterocycles. The molecule has 0 aliphatic carbocycles. The summed E-state index contributed by atoms with van der Waals surface area (Å²) in [5, 5.41) is 11.8. The Hall–Kier alpha value is -1.64. The smallest absolute Gasteiger partial charge is 0.249 e. The van der Waals surface area contributed by atoms with Gasteiger partial charge in [0.05, 0.1) is 16.3 Å². The molecule has 0 aromatic carbocycles. The van der Waals surface area contributed by atoms with Gasteiger partial charge in [0.15, 0.2) is 5.82 Å². The van der Waals surface area contributed by atoms with Gasteiger partial charge in [-0.05, 0) is 29.0 Å². The molecule has 20 heavy (non-hydrogen) atoms. The van der Waals surface area contributed by atoms with E-state index in [0.717, 1.165) is 18.7 Å². The second-order valence-electron chi connectivity index (χ2n) is 3.99.